The van der Waals surface area contributed by atoms with Gasteiger partial charge < -0.3 is 97.2 Å². The number of carbonyl (C=O) groups is 5. The lowest BCUT2D eigenvalue weighted by Crippen LogP contribution is -2.60. The Hall–Kier alpha value is -7.93. The van der Waals surface area contributed by atoms with Crippen LogP contribution in [-0.4, -0.2) is 249 Å². The van der Waals surface area contributed by atoms with Crippen molar-refractivity contribution in [2.24, 2.45) is 0 Å². The number of aromatic nitrogens is 4. The van der Waals surface area contributed by atoms with E-state index < -0.39 is 132 Å². The monoisotopic (exact) mass is 1320 g/mol. The molecule has 10 rings (SSSR count). The van der Waals surface area contributed by atoms with Crippen LogP contribution in [0.5, 0.6) is 28.7 Å². The van der Waals surface area contributed by atoms with Crippen LogP contribution in [0.15, 0.2) is 79.0 Å². The van der Waals surface area contributed by atoms with E-state index >= 15 is 0 Å². The SMILES string of the molecule is COc1ccc2c(OS(=O)(=O)Oc3cc(C(=O)N(C)CCOCCn4cc(CCOCCN5C(=O)C=CC5=O)nn4)ccc3O[C@@H]3O[C@H](CO)[C@H](O)[C@H](O)C3O)cc3c(c2c1)[C@H](CCl)CN3C(=O)c1cc2ccc(OC3O[C@H](CO)[C@H](O)[C@H](O)[C@H]3O)c(C(C)=O)c2[nH]1. The molecule has 31 nitrogen and oxygen atoms in total. The van der Waals surface area contributed by atoms with Crippen LogP contribution in [0.4, 0.5) is 5.69 Å². The number of halogens is 1. The van der Waals surface area contributed by atoms with Gasteiger partial charge in [-0.3, -0.25) is 28.9 Å². The molecule has 33 heteroatoms. The van der Waals surface area contributed by atoms with E-state index in [1.54, 1.807) is 16.9 Å². The number of ketones is 1. The fourth-order valence-electron chi connectivity index (χ4n) is 10.9. The number of methoxy groups -OCH3 is 1. The lowest BCUT2D eigenvalue weighted by Gasteiger charge is -2.39. The highest BCUT2D eigenvalue weighted by Crippen LogP contribution is 2.48. The molecule has 92 heavy (non-hydrogen) atoms. The van der Waals surface area contributed by atoms with Crippen molar-refractivity contribution in [3.05, 3.63) is 107 Å². The van der Waals surface area contributed by atoms with E-state index in [4.69, 9.17) is 53.1 Å². The Kier molecular flexibility index (Phi) is 20.8. The van der Waals surface area contributed by atoms with Gasteiger partial charge in [-0.25, -0.2) is 4.68 Å². The Labute approximate surface area is 528 Å². The minimum absolute atomic E-state index is 0.0224. The van der Waals surface area contributed by atoms with Gasteiger partial charge in [0.2, 0.25) is 12.6 Å². The number of likely N-dealkylation sites (N-methyl/N-ethyl adjacent to an activating group) is 1. The van der Waals surface area contributed by atoms with Crippen LogP contribution in [0.3, 0.4) is 0 Å². The highest BCUT2D eigenvalue weighted by atomic mass is 35.5. The van der Waals surface area contributed by atoms with Gasteiger partial charge in [0.1, 0.15) is 66.0 Å². The number of aliphatic hydroxyl groups excluding tert-OH is 8. The molecule has 0 bridgehead atoms. The molecule has 2 aromatic heterocycles. The van der Waals surface area contributed by atoms with E-state index in [2.05, 4.69) is 15.3 Å². The number of hydrogen-bond acceptors (Lipinski definition) is 26. The van der Waals surface area contributed by atoms with Gasteiger partial charge in [-0.15, -0.1) is 25.1 Å². The molecule has 2 unspecified atom stereocenters. The number of imide groups is 1. The Balaban J connectivity index is 0.873. The van der Waals surface area contributed by atoms with Gasteiger partial charge in [0.25, 0.3) is 23.6 Å². The summed E-state index contributed by atoms with van der Waals surface area (Å²) in [5, 5.41) is 92.1. The van der Waals surface area contributed by atoms with Gasteiger partial charge in [0.15, 0.2) is 23.0 Å². The number of carbonyl (C=O) groups excluding carboxylic acids is 5. The van der Waals surface area contributed by atoms with E-state index in [9.17, 15) is 73.2 Å². The van der Waals surface area contributed by atoms with Crippen LogP contribution >= 0.6 is 11.6 Å². The number of rotatable bonds is 27. The second kappa shape index (κ2) is 28.5. The Morgan fingerprint density at radius 3 is 2.04 bits per heavy atom. The molecule has 2 saturated heterocycles. The fraction of sp³-hybridized carbons (Fsp3) is 0.441. The summed E-state index contributed by atoms with van der Waals surface area (Å²) in [6.45, 7) is 0.630. The summed E-state index contributed by atoms with van der Waals surface area (Å²) in [5.74, 6) is -4.75. The maximum absolute atomic E-state index is 14.9. The maximum atomic E-state index is 14.9. The Bertz CT molecular complexity index is 3860. The molecule has 0 aliphatic carbocycles. The van der Waals surface area contributed by atoms with E-state index in [1.165, 1.54) is 85.5 Å². The molecule has 0 radical (unpaired) electrons. The summed E-state index contributed by atoms with van der Waals surface area (Å²) < 4.78 is 81.6. The standard InChI is InChI=1S/C59H66ClN7O24S/c1-29(70)47-40(87-59-55(78)53(76)51(74)44(28-69)89-59)9-4-30-20-37(61-49(30)47)57(80)67-25-32(24-60)48-36-22-34(83-3)6-7-35(36)41(23-38(48)67)90-92(81,82)91-42-21-31(5-8-39(42)86-58-54(77)52(75)50(73)43(27-68)88-58)56(79)64(2)13-17-85-18-14-65-26-33(62-63-65)12-16-84-19-15-66-45(71)10-11-46(66)72/h4-11,20-23,26,32,43-44,50-55,58-59,61,68-69,73-78H,12-19,24-25,27-28H2,1-3H3/t32-,43-,44-,50+,51+,52+,53+,54?,55-,58-,59?/m1/s1. The van der Waals surface area contributed by atoms with Crippen LogP contribution in [0.1, 0.15) is 55.3 Å². The predicted octanol–water partition coefficient (Wildman–Crippen LogP) is -0.560. The quantitative estimate of drug-likeness (QED) is 0.0135. The van der Waals surface area contributed by atoms with Gasteiger partial charge in [0.05, 0.1) is 82.3 Å². The van der Waals surface area contributed by atoms with Crippen LogP contribution < -0.4 is 27.5 Å². The lowest BCUT2D eigenvalue weighted by atomic mass is 9.95. The maximum Gasteiger partial charge on any atom is 0.501 e. The molecule has 6 aromatic rings. The average Bonchev–Trinajstić information content (AvgIpc) is 1.57. The number of Topliss-reactive ketones (excluding diaryl/α,β-unsaturated/α-hetero) is 1. The van der Waals surface area contributed by atoms with Crippen LogP contribution in [-0.2, 0) is 51.9 Å². The van der Waals surface area contributed by atoms with Crippen molar-refractivity contribution in [1.82, 2.24) is 29.8 Å². The van der Waals surface area contributed by atoms with E-state index in [1.807, 2.05) is 0 Å². The predicted molar refractivity (Wildman–Crippen MR) is 318 cm³/mol. The third-order valence-corrected chi connectivity index (χ3v) is 16.9. The minimum Gasteiger partial charge on any atom is -0.497 e. The number of fused-ring (bicyclic) bond motifs is 4. The smallest absolute Gasteiger partial charge is 0.497 e. The number of H-pyrrole nitrogens is 1. The van der Waals surface area contributed by atoms with E-state index in [0.717, 1.165) is 17.0 Å². The van der Waals surface area contributed by atoms with Crippen molar-refractivity contribution >= 4 is 78.8 Å². The van der Waals surface area contributed by atoms with Crippen molar-refractivity contribution < 1.29 is 115 Å². The second-order valence-electron chi connectivity index (χ2n) is 21.8. The number of nitrogens with zero attached hydrogens (tertiary/aromatic N) is 6. The highest BCUT2D eigenvalue weighted by molar-refractivity contribution is 7.82. The zero-order chi connectivity index (χ0) is 65.9. The summed E-state index contributed by atoms with van der Waals surface area (Å²) in [6, 6.07) is 13.6. The highest BCUT2D eigenvalue weighted by Gasteiger charge is 2.47. The molecule has 0 saturated carbocycles. The molecule has 4 aromatic carbocycles. The third-order valence-electron chi connectivity index (χ3n) is 15.8. The zero-order valence-corrected chi connectivity index (χ0v) is 51.0. The molecule has 4 amide bonds. The van der Waals surface area contributed by atoms with Gasteiger partial charge >= 0.3 is 10.4 Å². The number of anilines is 1. The van der Waals surface area contributed by atoms with Crippen molar-refractivity contribution in [2.75, 3.05) is 84.2 Å². The molecular weight excluding hydrogens is 1260 g/mol. The molecule has 4 aliphatic heterocycles. The van der Waals surface area contributed by atoms with Gasteiger partial charge in [-0.1, -0.05) is 5.21 Å². The molecule has 2 fully saturated rings. The Morgan fingerprint density at radius 2 is 1.39 bits per heavy atom. The van der Waals surface area contributed by atoms with Crippen molar-refractivity contribution in [3.8, 4) is 28.7 Å². The number of benzene rings is 4. The van der Waals surface area contributed by atoms with E-state index in [0.29, 0.717) is 40.7 Å². The van der Waals surface area contributed by atoms with Gasteiger partial charge in [0, 0.05) is 79.1 Å². The average molecular weight is 1320 g/mol. The number of alkyl halides is 1. The fourth-order valence-corrected chi connectivity index (χ4v) is 11.9. The summed E-state index contributed by atoms with van der Waals surface area (Å²) in [6.07, 6.45) is -12.7. The van der Waals surface area contributed by atoms with Crippen LogP contribution in [0.25, 0.3) is 21.7 Å². The Morgan fingerprint density at radius 1 is 0.750 bits per heavy atom. The first kappa shape index (κ1) is 67.0. The second-order valence-corrected chi connectivity index (χ2v) is 23.3. The first-order valence-electron chi connectivity index (χ1n) is 28.8. The summed E-state index contributed by atoms with van der Waals surface area (Å²) in [4.78, 5) is 72.4. The van der Waals surface area contributed by atoms with Crippen LogP contribution in [0.2, 0.25) is 0 Å². The van der Waals surface area contributed by atoms with Gasteiger partial charge in [-0.2, -0.15) is 0 Å². The number of ether oxygens (including phenoxy) is 7. The number of aliphatic hydroxyl groups is 8. The first-order valence-corrected chi connectivity index (χ1v) is 30.6. The molecule has 4 aliphatic rings. The number of amides is 4. The van der Waals surface area contributed by atoms with Crippen LogP contribution in [0, 0.1) is 0 Å². The molecule has 494 valence electrons. The molecule has 0 spiro atoms. The molecule has 11 atom stereocenters. The largest absolute Gasteiger partial charge is 0.501 e. The zero-order valence-electron chi connectivity index (χ0n) is 49.4. The van der Waals surface area contributed by atoms with Crippen molar-refractivity contribution in [2.45, 2.75) is 87.2 Å². The van der Waals surface area contributed by atoms with Crippen molar-refractivity contribution in [3.63, 3.8) is 0 Å². The number of aromatic amines is 1. The number of hydrogen-bond donors (Lipinski definition) is 9. The normalized spacial score (nSPS) is 23.9. The minimum atomic E-state index is -5.38. The third kappa shape index (κ3) is 14.2. The molecular formula is C59H66ClN7O24S. The van der Waals surface area contributed by atoms with E-state index in [-0.39, 0.29) is 96.9 Å². The van der Waals surface area contributed by atoms with Gasteiger partial charge in [-0.05, 0) is 72.5 Å². The summed E-state index contributed by atoms with van der Waals surface area (Å²) in [7, 11) is -2.53. The van der Waals surface area contributed by atoms with Crippen molar-refractivity contribution in [1.29, 1.82) is 0 Å². The number of nitrogens with one attached hydrogen (secondary N) is 1. The lowest BCUT2D eigenvalue weighted by molar-refractivity contribution is -0.277. The molecule has 6 heterocycles. The first-order chi connectivity index (χ1) is 44.0. The topological polar surface area (TPSA) is 421 Å². The summed E-state index contributed by atoms with van der Waals surface area (Å²) in [5.41, 5.74) is 1.04. The summed E-state index contributed by atoms with van der Waals surface area (Å²) >= 11 is 6.62. The molecule has 9 N–H and O–H groups in total.